The largest absolute Gasteiger partial charge is 0.497 e. The average molecular weight is 352 g/mol. The number of hydrogen-bond donors (Lipinski definition) is 0. The lowest BCUT2D eigenvalue weighted by Crippen LogP contribution is -1.96. The Balaban J connectivity index is 2.21. The van der Waals surface area contributed by atoms with Gasteiger partial charge in [-0.15, -0.1) is 0 Å². The van der Waals surface area contributed by atoms with Gasteiger partial charge in [-0.05, 0) is 65.2 Å². The zero-order valence-electron chi connectivity index (χ0n) is 14.5. The highest BCUT2D eigenvalue weighted by Crippen LogP contribution is 2.35. The van der Waals surface area contributed by atoms with Crippen LogP contribution < -0.4 is 9.47 Å². The molecule has 4 heteroatoms. The third-order valence-corrected chi connectivity index (χ3v) is 4.03. The predicted molar refractivity (Wildman–Crippen MR) is 99.3 cm³/mol. The van der Waals surface area contributed by atoms with Crippen molar-refractivity contribution in [3.8, 4) is 11.5 Å². The molecule has 0 spiro atoms. The van der Waals surface area contributed by atoms with Crippen LogP contribution in [0.4, 0.5) is 8.78 Å². The van der Waals surface area contributed by atoms with Gasteiger partial charge >= 0.3 is 0 Å². The molecule has 0 N–H and O–H groups in total. The highest BCUT2D eigenvalue weighted by Gasteiger charge is 2.13. The quantitative estimate of drug-likeness (QED) is 0.559. The first-order valence-electron chi connectivity index (χ1n) is 8.06. The minimum atomic E-state index is -0.313. The molecule has 0 amide bonds. The third-order valence-electron chi connectivity index (χ3n) is 4.03. The van der Waals surface area contributed by atoms with E-state index in [4.69, 9.17) is 9.47 Å². The molecule has 0 unspecified atom stereocenters. The molecule has 3 aromatic rings. The van der Waals surface area contributed by atoms with Crippen molar-refractivity contribution in [1.82, 2.24) is 0 Å². The molecule has 0 heterocycles. The minimum Gasteiger partial charge on any atom is -0.497 e. The summed E-state index contributed by atoms with van der Waals surface area (Å²) >= 11 is 0. The van der Waals surface area contributed by atoms with E-state index in [0.717, 1.165) is 22.3 Å². The second-order valence-corrected chi connectivity index (χ2v) is 5.68. The van der Waals surface area contributed by atoms with Crippen molar-refractivity contribution in [3.05, 3.63) is 95.1 Å². The SMILES string of the molecule is COc1ccc(OC)c(/C(=C/c2ccc(F)cc2)c2ccc(F)cc2)c1. The van der Waals surface area contributed by atoms with Gasteiger partial charge in [-0.1, -0.05) is 24.3 Å². The van der Waals surface area contributed by atoms with Crippen LogP contribution in [0.25, 0.3) is 11.6 Å². The average Bonchev–Trinajstić information content (AvgIpc) is 2.68. The van der Waals surface area contributed by atoms with Gasteiger partial charge in [0, 0.05) is 5.56 Å². The summed E-state index contributed by atoms with van der Waals surface area (Å²) in [5.74, 6) is 0.716. The molecule has 26 heavy (non-hydrogen) atoms. The summed E-state index contributed by atoms with van der Waals surface area (Å²) in [5.41, 5.74) is 3.23. The fourth-order valence-electron chi connectivity index (χ4n) is 2.70. The van der Waals surface area contributed by atoms with Crippen LogP contribution in [0.2, 0.25) is 0 Å². The summed E-state index contributed by atoms with van der Waals surface area (Å²) in [6, 6.07) is 17.9. The van der Waals surface area contributed by atoms with Crippen LogP contribution in [-0.4, -0.2) is 14.2 Å². The summed E-state index contributed by atoms with van der Waals surface area (Å²) in [7, 11) is 3.18. The van der Waals surface area contributed by atoms with Crippen molar-refractivity contribution in [2.45, 2.75) is 0 Å². The monoisotopic (exact) mass is 352 g/mol. The fourth-order valence-corrected chi connectivity index (χ4v) is 2.70. The topological polar surface area (TPSA) is 18.5 Å². The van der Waals surface area contributed by atoms with Gasteiger partial charge in [0.25, 0.3) is 0 Å². The number of methoxy groups -OCH3 is 2. The standard InChI is InChI=1S/C22H18F2O2/c1-25-19-11-12-22(26-2)21(14-19)20(16-5-9-18(24)10-6-16)13-15-3-7-17(23)8-4-15/h3-14H,1-2H3/b20-13+. The van der Waals surface area contributed by atoms with Crippen LogP contribution in [0.15, 0.2) is 66.7 Å². The van der Waals surface area contributed by atoms with E-state index in [-0.39, 0.29) is 11.6 Å². The van der Waals surface area contributed by atoms with Gasteiger partial charge in [-0.3, -0.25) is 0 Å². The van der Waals surface area contributed by atoms with Crippen LogP contribution in [-0.2, 0) is 0 Å². The van der Waals surface area contributed by atoms with Crippen LogP contribution in [0.1, 0.15) is 16.7 Å². The van der Waals surface area contributed by atoms with Gasteiger partial charge < -0.3 is 9.47 Å². The Morgan fingerprint density at radius 2 is 1.38 bits per heavy atom. The Morgan fingerprint density at radius 1 is 0.769 bits per heavy atom. The maximum atomic E-state index is 13.4. The van der Waals surface area contributed by atoms with Crippen molar-refractivity contribution in [2.75, 3.05) is 14.2 Å². The van der Waals surface area contributed by atoms with Gasteiger partial charge in [0.2, 0.25) is 0 Å². The lowest BCUT2D eigenvalue weighted by atomic mass is 9.94. The zero-order chi connectivity index (χ0) is 18.5. The Hall–Kier alpha value is -3.14. The highest BCUT2D eigenvalue weighted by atomic mass is 19.1. The summed E-state index contributed by atoms with van der Waals surface area (Å²) in [6.45, 7) is 0. The van der Waals surface area contributed by atoms with E-state index in [0.29, 0.717) is 11.5 Å². The first-order valence-corrected chi connectivity index (χ1v) is 8.06. The van der Waals surface area contributed by atoms with Crippen LogP contribution in [0.3, 0.4) is 0 Å². The molecule has 3 rings (SSSR count). The maximum absolute atomic E-state index is 13.4. The summed E-state index contributed by atoms with van der Waals surface area (Å²) < 4.78 is 37.4. The molecule has 0 bridgehead atoms. The normalized spacial score (nSPS) is 11.3. The van der Waals surface area contributed by atoms with Gasteiger partial charge in [0.1, 0.15) is 23.1 Å². The number of hydrogen-bond acceptors (Lipinski definition) is 2. The van der Waals surface area contributed by atoms with Crippen molar-refractivity contribution in [1.29, 1.82) is 0 Å². The van der Waals surface area contributed by atoms with E-state index in [1.54, 1.807) is 38.5 Å². The lowest BCUT2D eigenvalue weighted by Gasteiger charge is -2.15. The second-order valence-electron chi connectivity index (χ2n) is 5.68. The molecule has 132 valence electrons. The Bertz CT molecular complexity index is 914. The van der Waals surface area contributed by atoms with Gasteiger partial charge in [0.15, 0.2) is 0 Å². The van der Waals surface area contributed by atoms with E-state index >= 15 is 0 Å². The number of rotatable bonds is 5. The van der Waals surface area contributed by atoms with Crippen molar-refractivity contribution < 1.29 is 18.3 Å². The molecule has 0 aromatic heterocycles. The van der Waals surface area contributed by atoms with Crippen molar-refractivity contribution >= 4 is 11.6 Å². The van der Waals surface area contributed by atoms with Crippen LogP contribution in [0.5, 0.6) is 11.5 Å². The molecule has 0 aliphatic rings. The molecule has 0 saturated heterocycles. The molecule has 0 atom stereocenters. The van der Waals surface area contributed by atoms with Gasteiger partial charge in [-0.2, -0.15) is 0 Å². The summed E-state index contributed by atoms with van der Waals surface area (Å²) in [5, 5.41) is 0. The van der Waals surface area contributed by atoms with Crippen LogP contribution >= 0.6 is 0 Å². The van der Waals surface area contributed by atoms with E-state index in [9.17, 15) is 8.78 Å². The van der Waals surface area contributed by atoms with Crippen molar-refractivity contribution in [3.63, 3.8) is 0 Å². The maximum Gasteiger partial charge on any atom is 0.126 e. The molecule has 0 radical (unpaired) electrons. The van der Waals surface area contributed by atoms with E-state index in [1.807, 2.05) is 24.3 Å². The zero-order valence-corrected chi connectivity index (χ0v) is 14.5. The first kappa shape index (κ1) is 17.7. The second kappa shape index (κ2) is 7.83. The minimum absolute atomic E-state index is 0.301. The predicted octanol–water partition coefficient (Wildman–Crippen LogP) is 5.57. The number of ether oxygens (including phenoxy) is 2. The Kier molecular flexibility index (Phi) is 5.32. The molecule has 2 nitrogen and oxygen atoms in total. The fraction of sp³-hybridized carbons (Fsp3) is 0.0909. The van der Waals surface area contributed by atoms with Crippen molar-refractivity contribution in [2.24, 2.45) is 0 Å². The molecule has 0 aliphatic carbocycles. The summed E-state index contributed by atoms with van der Waals surface area (Å²) in [6.07, 6.45) is 1.91. The molecular weight excluding hydrogens is 334 g/mol. The van der Waals surface area contributed by atoms with E-state index < -0.39 is 0 Å². The molecule has 0 aliphatic heterocycles. The summed E-state index contributed by atoms with van der Waals surface area (Å²) in [4.78, 5) is 0. The smallest absolute Gasteiger partial charge is 0.126 e. The molecule has 0 saturated carbocycles. The molecular formula is C22H18F2O2. The Labute approximate surface area is 151 Å². The lowest BCUT2D eigenvalue weighted by molar-refractivity contribution is 0.402. The number of halogens is 2. The molecule has 3 aromatic carbocycles. The first-order chi connectivity index (χ1) is 12.6. The molecule has 0 fully saturated rings. The third kappa shape index (κ3) is 3.91. The van der Waals surface area contributed by atoms with Crippen LogP contribution in [0, 0.1) is 11.6 Å². The highest BCUT2D eigenvalue weighted by molar-refractivity contribution is 5.93. The Morgan fingerprint density at radius 3 is 1.96 bits per heavy atom. The van der Waals surface area contributed by atoms with Gasteiger partial charge in [0.05, 0.1) is 14.2 Å². The number of benzene rings is 3. The van der Waals surface area contributed by atoms with Gasteiger partial charge in [-0.25, -0.2) is 8.78 Å². The van der Waals surface area contributed by atoms with E-state index in [1.165, 1.54) is 24.3 Å². The van der Waals surface area contributed by atoms with E-state index in [2.05, 4.69) is 0 Å².